The van der Waals surface area contributed by atoms with Gasteiger partial charge in [-0.2, -0.15) is 5.10 Å². The van der Waals surface area contributed by atoms with E-state index < -0.39 is 0 Å². The minimum absolute atomic E-state index is 0.408. The van der Waals surface area contributed by atoms with Gasteiger partial charge in [-0.05, 0) is 49.4 Å². The van der Waals surface area contributed by atoms with E-state index in [0.717, 1.165) is 19.4 Å². The summed E-state index contributed by atoms with van der Waals surface area (Å²) < 4.78 is 1.96. The molecule has 0 spiro atoms. The molecule has 2 aromatic rings. The lowest BCUT2D eigenvalue weighted by molar-refractivity contribution is 0.506. The van der Waals surface area contributed by atoms with E-state index in [4.69, 9.17) is 0 Å². The van der Waals surface area contributed by atoms with Gasteiger partial charge in [-0.15, -0.1) is 11.8 Å². The van der Waals surface area contributed by atoms with E-state index in [0.29, 0.717) is 6.04 Å². The fourth-order valence-corrected chi connectivity index (χ4v) is 2.82. The lowest BCUT2D eigenvalue weighted by Gasteiger charge is -2.18. The van der Waals surface area contributed by atoms with Gasteiger partial charge in [-0.25, -0.2) is 0 Å². The SMILES string of the molecule is CCNC(CCc1ccnn1C)c1ccc(SC)cc1. The summed E-state index contributed by atoms with van der Waals surface area (Å²) in [5, 5.41) is 7.81. The number of nitrogens with one attached hydrogen (secondary N) is 1. The van der Waals surface area contributed by atoms with E-state index in [-0.39, 0.29) is 0 Å². The van der Waals surface area contributed by atoms with Crippen molar-refractivity contribution in [2.75, 3.05) is 12.8 Å². The van der Waals surface area contributed by atoms with Crippen molar-refractivity contribution < 1.29 is 0 Å². The molecule has 0 saturated heterocycles. The van der Waals surface area contributed by atoms with Crippen LogP contribution in [0.4, 0.5) is 0 Å². The molecule has 1 N–H and O–H groups in total. The second-order valence-corrected chi connectivity index (χ2v) is 5.75. The summed E-state index contributed by atoms with van der Waals surface area (Å²) in [6.45, 7) is 3.15. The highest BCUT2D eigenvalue weighted by Crippen LogP contribution is 2.22. The molecule has 1 heterocycles. The largest absolute Gasteiger partial charge is 0.310 e. The van der Waals surface area contributed by atoms with Crippen molar-refractivity contribution in [1.82, 2.24) is 15.1 Å². The maximum Gasteiger partial charge on any atom is 0.0492 e. The van der Waals surface area contributed by atoms with Crippen molar-refractivity contribution in [3.8, 4) is 0 Å². The van der Waals surface area contributed by atoms with Gasteiger partial charge in [0.2, 0.25) is 0 Å². The zero-order chi connectivity index (χ0) is 14.4. The van der Waals surface area contributed by atoms with Crippen molar-refractivity contribution in [1.29, 1.82) is 0 Å². The molecule has 0 saturated carbocycles. The highest BCUT2D eigenvalue weighted by Gasteiger charge is 2.11. The Balaban J connectivity index is 2.04. The first kappa shape index (κ1) is 15.1. The number of hydrogen-bond donors (Lipinski definition) is 1. The molecular weight excluding hydrogens is 266 g/mol. The molecule has 0 amide bonds. The molecule has 0 fully saturated rings. The first-order valence-electron chi connectivity index (χ1n) is 7.08. The summed E-state index contributed by atoms with van der Waals surface area (Å²) >= 11 is 1.78. The Morgan fingerprint density at radius 1 is 1.25 bits per heavy atom. The van der Waals surface area contributed by atoms with Gasteiger partial charge < -0.3 is 5.32 Å². The zero-order valence-corrected chi connectivity index (χ0v) is 13.3. The Morgan fingerprint density at radius 3 is 2.55 bits per heavy atom. The van der Waals surface area contributed by atoms with Crippen LogP contribution in [0, 0.1) is 0 Å². The summed E-state index contributed by atoms with van der Waals surface area (Å²) in [5.74, 6) is 0. The average Bonchev–Trinajstić information content (AvgIpc) is 2.89. The van der Waals surface area contributed by atoms with Gasteiger partial charge in [0, 0.05) is 29.9 Å². The Bertz CT molecular complexity index is 519. The monoisotopic (exact) mass is 289 g/mol. The third kappa shape index (κ3) is 3.87. The number of aryl methyl sites for hydroxylation is 2. The van der Waals surface area contributed by atoms with E-state index >= 15 is 0 Å². The Labute approximate surface area is 125 Å². The van der Waals surface area contributed by atoms with Crippen molar-refractivity contribution in [2.24, 2.45) is 7.05 Å². The van der Waals surface area contributed by atoms with Crippen LogP contribution in [0.5, 0.6) is 0 Å². The van der Waals surface area contributed by atoms with Crippen LogP contribution in [-0.4, -0.2) is 22.6 Å². The van der Waals surface area contributed by atoms with Gasteiger partial charge in [-0.1, -0.05) is 19.1 Å². The van der Waals surface area contributed by atoms with Crippen LogP contribution in [0.15, 0.2) is 41.4 Å². The van der Waals surface area contributed by atoms with Crippen molar-refractivity contribution in [2.45, 2.75) is 30.7 Å². The fraction of sp³-hybridized carbons (Fsp3) is 0.438. The molecule has 20 heavy (non-hydrogen) atoms. The van der Waals surface area contributed by atoms with Crippen LogP contribution in [-0.2, 0) is 13.5 Å². The molecule has 4 heteroatoms. The van der Waals surface area contributed by atoms with Gasteiger partial charge in [0.15, 0.2) is 0 Å². The standard InChI is InChI=1S/C16H23N3S/c1-4-17-16(10-7-14-11-12-18-19(14)2)13-5-8-15(20-3)9-6-13/h5-6,8-9,11-12,16-17H,4,7,10H2,1-3H3. The van der Waals surface area contributed by atoms with Gasteiger partial charge in [-0.3, -0.25) is 4.68 Å². The molecule has 1 aromatic carbocycles. The molecule has 1 unspecified atom stereocenters. The van der Waals surface area contributed by atoms with Gasteiger partial charge >= 0.3 is 0 Å². The molecule has 1 aromatic heterocycles. The smallest absolute Gasteiger partial charge is 0.0492 e. The Hall–Kier alpha value is -1.26. The second-order valence-electron chi connectivity index (χ2n) is 4.87. The first-order valence-corrected chi connectivity index (χ1v) is 8.31. The molecule has 2 rings (SSSR count). The van der Waals surface area contributed by atoms with E-state index in [1.165, 1.54) is 16.2 Å². The number of rotatable bonds is 7. The van der Waals surface area contributed by atoms with Crippen LogP contribution in [0.25, 0.3) is 0 Å². The topological polar surface area (TPSA) is 29.9 Å². The zero-order valence-electron chi connectivity index (χ0n) is 12.5. The molecule has 3 nitrogen and oxygen atoms in total. The Kier molecular flexibility index (Phi) is 5.68. The van der Waals surface area contributed by atoms with Crippen LogP contribution in [0.2, 0.25) is 0 Å². The van der Waals surface area contributed by atoms with Gasteiger partial charge in [0.1, 0.15) is 0 Å². The van der Waals surface area contributed by atoms with Crippen molar-refractivity contribution in [3.05, 3.63) is 47.8 Å². The molecule has 1 atom stereocenters. The van der Waals surface area contributed by atoms with E-state index in [1.807, 2.05) is 17.9 Å². The lowest BCUT2D eigenvalue weighted by Crippen LogP contribution is -2.21. The molecule has 0 aliphatic carbocycles. The fourth-order valence-electron chi connectivity index (χ4n) is 2.41. The third-order valence-electron chi connectivity index (χ3n) is 3.58. The van der Waals surface area contributed by atoms with Crippen LogP contribution >= 0.6 is 11.8 Å². The number of nitrogens with zero attached hydrogens (tertiary/aromatic N) is 2. The molecule has 0 radical (unpaired) electrons. The molecule has 0 aliphatic rings. The van der Waals surface area contributed by atoms with Gasteiger partial charge in [0.25, 0.3) is 0 Å². The second kappa shape index (κ2) is 7.50. The van der Waals surface area contributed by atoms with E-state index in [1.54, 1.807) is 11.8 Å². The van der Waals surface area contributed by atoms with Crippen LogP contribution in [0.3, 0.4) is 0 Å². The maximum atomic E-state index is 4.23. The van der Waals surface area contributed by atoms with Crippen LogP contribution < -0.4 is 5.32 Å². The van der Waals surface area contributed by atoms with Gasteiger partial charge in [0.05, 0.1) is 0 Å². The quantitative estimate of drug-likeness (QED) is 0.792. The summed E-state index contributed by atoms with van der Waals surface area (Å²) in [7, 11) is 2.00. The normalized spacial score (nSPS) is 12.6. The Morgan fingerprint density at radius 2 is 2.00 bits per heavy atom. The van der Waals surface area contributed by atoms with E-state index in [2.05, 4.69) is 53.9 Å². The lowest BCUT2D eigenvalue weighted by atomic mass is 10.0. The summed E-state index contributed by atoms with van der Waals surface area (Å²) in [6, 6.07) is 11.4. The van der Waals surface area contributed by atoms with Crippen molar-refractivity contribution >= 4 is 11.8 Å². The summed E-state index contributed by atoms with van der Waals surface area (Å²) in [6.07, 6.45) is 6.11. The predicted molar refractivity (Wildman–Crippen MR) is 86.2 cm³/mol. The minimum atomic E-state index is 0.408. The molecular formula is C16H23N3S. The molecule has 108 valence electrons. The first-order chi connectivity index (χ1) is 9.74. The summed E-state index contributed by atoms with van der Waals surface area (Å²) in [4.78, 5) is 1.32. The molecule has 0 aliphatic heterocycles. The number of aromatic nitrogens is 2. The predicted octanol–water partition coefficient (Wildman–Crippen LogP) is 3.43. The highest BCUT2D eigenvalue weighted by molar-refractivity contribution is 7.98. The average molecular weight is 289 g/mol. The molecule has 0 bridgehead atoms. The maximum absolute atomic E-state index is 4.23. The van der Waals surface area contributed by atoms with Crippen LogP contribution in [0.1, 0.15) is 30.6 Å². The number of benzene rings is 1. The van der Waals surface area contributed by atoms with Crippen molar-refractivity contribution in [3.63, 3.8) is 0 Å². The highest BCUT2D eigenvalue weighted by atomic mass is 32.2. The van der Waals surface area contributed by atoms with E-state index in [9.17, 15) is 0 Å². The summed E-state index contributed by atoms with van der Waals surface area (Å²) in [5.41, 5.74) is 2.65. The number of thioether (sulfide) groups is 1. The third-order valence-corrected chi connectivity index (χ3v) is 4.32. The number of hydrogen-bond acceptors (Lipinski definition) is 3. The minimum Gasteiger partial charge on any atom is -0.310 e.